The third kappa shape index (κ3) is 3.80. The predicted octanol–water partition coefficient (Wildman–Crippen LogP) is 2.57. The first-order chi connectivity index (χ1) is 12.8. The molecule has 0 spiro atoms. The Morgan fingerprint density at radius 1 is 1.07 bits per heavy atom. The number of benzene rings is 2. The zero-order chi connectivity index (χ0) is 19.6. The second kappa shape index (κ2) is 7.63. The van der Waals surface area contributed by atoms with Gasteiger partial charge in [0.05, 0.1) is 9.95 Å². The van der Waals surface area contributed by atoms with Gasteiger partial charge < -0.3 is 4.90 Å². The lowest BCUT2D eigenvalue weighted by molar-refractivity contribution is -0.384. The van der Waals surface area contributed by atoms with Crippen molar-refractivity contribution < 1.29 is 18.1 Å². The van der Waals surface area contributed by atoms with Crippen LogP contribution in [0.3, 0.4) is 0 Å². The molecule has 10 heteroatoms. The molecule has 1 heterocycles. The molecule has 0 bridgehead atoms. The van der Waals surface area contributed by atoms with Crippen LogP contribution in [-0.2, 0) is 10.0 Å². The number of carbonyl (C=O) groups is 1. The summed E-state index contributed by atoms with van der Waals surface area (Å²) in [5, 5.41) is 11.5. The van der Waals surface area contributed by atoms with Crippen molar-refractivity contribution in [2.45, 2.75) is 4.90 Å². The van der Waals surface area contributed by atoms with Gasteiger partial charge in [0.2, 0.25) is 10.0 Å². The van der Waals surface area contributed by atoms with Crippen LogP contribution in [0.1, 0.15) is 10.4 Å². The van der Waals surface area contributed by atoms with E-state index in [9.17, 15) is 23.3 Å². The fourth-order valence-electron chi connectivity index (χ4n) is 2.99. The van der Waals surface area contributed by atoms with Crippen LogP contribution in [0.2, 0.25) is 5.02 Å². The molecule has 3 rings (SSSR count). The maximum absolute atomic E-state index is 12.8. The number of rotatable bonds is 5. The summed E-state index contributed by atoms with van der Waals surface area (Å²) >= 11 is 6.02. The van der Waals surface area contributed by atoms with Crippen molar-refractivity contribution in [3.63, 3.8) is 0 Å². The van der Waals surface area contributed by atoms with Gasteiger partial charge in [-0.05, 0) is 24.3 Å². The molecule has 0 aromatic heterocycles. The van der Waals surface area contributed by atoms with Gasteiger partial charge in [-0.25, -0.2) is 8.42 Å². The molecule has 1 saturated heterocycles. The van der Waals surface area contributed by atoms with Gasteiger partial charge in [0.25, 0.3) is 5.69 Å². The molecular formula is C17H16ClN3O5S. The molecule has 27 heavy (non-hydrogen) atoms. The minimum Gasteiger partial charge on any atom is -0.363 e. The highest BCUT2D eigenvalue weighted by molar-refractivity contribution is 7.89. The van der Waals surface area contributed by atoms with Crippen molar-refractivity contribution in [1.82, 2.24) is 4.31 Å². The Labute approximate surface area is 161 Å². The number of nitrogens with zero attached hydrogens (tertiary/aromatic N) is 3. The average Bonchev–Trinajstić information content (AvgIpc) is 2.67. The molecule has 1 fully saturated rings. The normalized spacial score (nSPS) is 15.5. The van der Waals surface area contributed by atoms with Gasteiger partial charge in [0, 0.05) is 37.8 Å². The van der Waals surface area contributed by atoms with E-state index in [2.05, 4.69) is 0 Å². The van der Waals surface area contributed by atoms with Crippen molar-refractivity contribution in [2.24, 2.45) is 0 Å². The number of hydrogen-bond donors (Lipinski definition) is 0. The second-order valence-corrected chi connectivity index (χ2v) is 8.26. The fraction of sp³-hybridized carbons (Fsp3) is 0.235. The highest BCUT2D eigenvalue weighted by Crippen LogP contribution is 2.31. The van der Waals surface area contributed by atoms with Crippen LogP contribution in [0.25, 0.3) is 0 Å². The lowest BCUT2D eigenvalue weighted by Gasteiger charge is -2.35. The van der Waals surface area contributed by atoms with Gasteiger partial charge in [0.1, 0.15) is 16.9 Å². The Kier molecular flexibility index (Phi) is 5.45. The standard InChI is InChI=1S/C17H16ClN3O5S/c18-14-3-1-2-4-17(14)27(25,26)20-9-7-19(8-10-20)15-6-5-13(12-22)11-16(15)21(23)24/h1-6,11-12H,7-10H2. The number of nitro benzene ring substituents is 1. The molecule has 2 aromatic rings. The second-order valence-electron chi connectivity index (χ2n) is 5.94. The highest BCUT2D eigenvalue weighted by atomic mass is 35.5. The topological polar surface area (TPSA) is 101 Å². The quantitative estimate of drug-likeness (QED) is 0.427. The van der Waals surface area contributed by atoms with Crippen LogP contribution >= 0.6 is 11.6 Å². The maximum atomic E-state index is 12.8. The minimum absolute atomic E-state index is 0.0430. The summed E-state index contributed by atoms with van der Waals surface area (Å²) in [5.74, 6) is 0. The number of piperazine rings is 1. The summed E-state index contributed by atoms with van der Waals surface area (Å²) in [6.07, 6.45) is 0.547. The van der Waals surface area contributed by atoms with E-state index in [1.165, 1.54) is 34.6 Å². The summed E-state index contributed by atoms with van der Waals surface area (Å²) in [5.41, 5.74) is 0.396. The molecule has 0 aliphatic carbocycles. The third-order valence-electron chi connectivity index (χ3n) is 4.37. The SMILES string of the molecule is O=Cc1ccc(N2CCN(S(=O)(=O)c3ccccc3Cl)CC2)c([N+](=O)[O-])c1. The van der Waals surface area contributed by atoms with Gasteiger partial charge in [-0.15, -0.1) is 0 Å². The van der Waals surface area contributed by atoms with Crippen molar-refractivity contribution in [1.29, 1.82) is 0 Å². The monoisotopic (exact) mass is 409 g/mol. The van der Waals surface area contributed by atoms with E-state index in [1.54, 1.807) is 17.0 Å². The van der Waals surface area contributed by atoms with E-state index in [4.69, 9.17) is 11.6 Å². The molecule has 142 valence electrons. The molecule has 0 saturated carbocycles. The molecule has 0 atom stereocenters. The predicted molar refractivity (Wildman–Crippen MR) is 101 cm³/mol. The summed E-state index contributed by atoms with van der Waals surface area (Å²) < 4.78 is 26.9. The minimum atomic E-state index is -3.74. The number of sulfonamides is 1. The van der Waals surface area contributed by atoms with Gasteiger partial charge in [-0.2, -0.15) is 4.31 Å². The lowest BCUT2D eigenvalue weighted by atomic mass is 10.1. The fourth-order valence-corrected chi connectivity index (χ4v) is 4.91. The maximum Gasteiger partial charge on any atom is 0.293 e. The van der Waals surface area contributed by atoms with Gasteiger partial charge in [-0.3, -0.25) is 14.9 Å². The molecule has 8 nitrogen and oxygen atoms in total. The van der Waals surface area contributed by atoms with E-state index in [0.717, 1.165) is 0 Å². The summed E-state index contributed by atoms with van der Waals surface area (Å²) in [4.78, 5) is 23.4. The van der Waals surface area contributed by atoms with Gasteiger partial charge in [0.15, 0.2) is 0 Å². The summed E-state index contributed by atoms with van der Waals surface area (Å²) in [6, 6.07) is 10.5. The van der Waals surface area contributed by atoms with E-state index in [1.807, 2.05) is 0 Å². The number of aldehydes is 1. The van der Waals surface area contributed by atoms with E-state index in [-0.39, 0.29) is 47.3 Å². The zero-order valence-corrected chi connectivity index (χ0v) is 15.7. The van der Waals surface area contributed by atoms with Crippen molar-refractivity contribution in [3.05, 3.63) is 63.2 Å². The average molecular weight is 410 g/mol. The van der Waals surface area contributed by atoms with Gasteiger partial charge >= 0.3 is 0 Å². The lowest BCUT2D eigenvalue weighted by Crippen LogP contribution is -2.48. The van der Waals surface area contributed by atoms with Crippen LogP contribution in [0.15, 0.2) is 47.4 Å². The van der Waals surface area contributed by atoms with Crippen molar-refractivity contribution >= 4 is 39.3 Å². The zero-order valence-electron chi connectivity index (χ0n) is 14.1. The molecule has 0 amide bonds. The van der Waals surface area contributed by atoms with Gasteiger partial charge in [-0.1, -0.05) is 23.7 Å². The van der Waals surface area contributed by atoms with E-state index >= 15 is 0 Å². The number of nitro groups is 1. The number of anilines is 1. The third-order valence-corrected chi connectivity index (χ3v) is 6.76. The summed E-state index contributed by atoms with van der Waals surface area (Å²) in [7, 11) is -3.74. The molecule has 0 N–H and O–H groups in total. The number of halogens is 1. The van der Waals surface area contributed by atoms with Crippen LogP contribution in [0, 0.1) is 10.1 Å². The van der Waals surface area contributed by atoms with Crippen LogP contribution in [0.5, 0.6) is 0 Å². The molecule has 2 aromatic carbocycles. The molecule has 1 aliphatic heterocycles. The molecule has 1 aliphatic rings. The van der Waals surface area contributed by atoms with Crippen LogP contribution < -0.4 is 4.90 Å². The Bertz CT molecular complexity index is 988. The molecule has 0 radical (unpaired) electrons. The molecular weight excluding hydrogens is 394 g/mol. The first-order valence-electron chi connectivity index (χ1n) is 8.08. The molecule has 0 unspecified atom stereocenters. The Morgan fingerprint density at radius 2 is 1.74 bits per heavy atom. The van der Waals surface area contributed by atoms with Crippen molar-refractivity contribution in [2.75, 3.05) is 31.1 Å². The Balaban J connectivity index is 1.81. The first-order valence-corrected chi connectivity index (χ1v) is 9.89. The van der Waals surface area contributed by atoms with Crippen molar-refractivity contribution in [3.8, 4) is 0 Å². The smallest absolute Gasteiger partial charge is 0.293 e. The Hall–Kier alpha value is -2.49. The summed E-state index contributed by atoms with van der Waals surface area (Å²) in [6.45, 7) is 0.899. The largest absolute Gasteiger partial charge is 0.363 e. The van der Waals surface area contributed by atoms with Crippen LogP contribution in [-0.4, -0.2) is 50.1 Å². The van der Waals surface area contributed by atoms with E-state index < -0.39 is 14.9 Å². The van der Waals surface area contributed by atoms with Crippen LogP contribution in [0.4, 0.5) is 11.4 Å². The number of hydrogen-bond acceptors (Lipinski definition) is 6. The van der Waals surface area contributed by atoms with E-state index in [0.29, 0.717) is 12.0 Å². The Morgan fingerprint density at radius 3 is 2.33 bits per heavy atom. The highest BCUT2D eigenvalue weighted by Gasteiger charge is 2.31. The first kappa shape index (κ1) is 19.3. The number of carbonyl (C=O) groups excluding carboxylic acids is 1.